The van der Waals surface area contributed by atoms with Gasteiger partial charge in [-0.25, -0.2) is 0 Å². The summed E-state index contributed by atoms with van der Waals surface area (Å²) in [4.78, 5) is 1.34. The summed E-state index contributed by atoms with van der Waals surface area (Å²) in [6, 6.07) is 9.36. The second-order valence-corrected chi connectivity index (χ2v) is 15.0. The van der Waals surface area contributed by atoms with Crippen LogP contribution < -0.4 is 5.32 Å². The van der Waals surface area contributed by atoms with Crippen molar-refractivity contribution in [2.75, 3.05) is 6.54 Å². The molecule has 27 heavy (non-hydrogen) atoms. The van der Waals surface area contributed by atoms with Crippen LogP contribution in [-0.4, -0.2) is 26.2 Å². The van der Waals surface area contributed by atoms with Gasteiger partial charge < -0.3 is 9.74 Å². The van der Waals surface area contributed by atoms with Gasteiger partial charge in [0.1, 0.15) is 0 Å². The van der Waals surface area contributed by atoms with E-state index >= 15 is 0 Å². The van der Waals surface area contributed by atoms with Crippen molar-refractivity contribution in [1.29, 1.82) is 0 Å². The number of unbranched alkanes of at least 4 members (excludes halogenated alkanes) is 5. The van der Waals surface area contributed by atoms with E-state index in [4.69, 9.17) is 4.43 Å². The van der Waals surface area contributed by atoms with Crippen LogP contribution in [0.1, 0.15) is 77.9 Å². The van der Waals surface area contributed by atoms with Crippen molar-refractivity contribution in [3.63, 3.8) is 0 Å². The van der Waals surface area contributed by atoms with Crippen LogP contribution in [0.25, 0.3) is 0 Å². The lowest BCUT2D eigenvalue weighted by Crippen LogP contribution is -2.39. The molecule has 0 aliphatic carbocycles. The molecule has 2 atom stereocenters. The van der Waals surface area contributed by atoms with Crippen LogP contribution in [0, 0.1) is 0 Å². The van der Waals surface area contributed by atoms with Crippen molar-refractivity contribution in [1.82, 2.24) is 5.32 Å². The highest BCUT2D eigenvalue weighted by Gasteiger charge is 2.26. The molecule has 2 nitrogen and oxygen atoms in total. The van der Waals surface area contributed by atoms with Crippen molar-refractivity contribution in [3.8, 4) is 0 Å². The standard InChI is InChI=1S/C23H43NOSSi/c1-8-9-10-11-12-13-18-24-20(4)23(25-27(5,6)7)21-14-16-22(17-15-21)26-19(2)3/h14-17,19-20,23-24H,8-13,18H2,1-7H3. The molecule has 0 spiro atoms. The van der Waals surface area contributed by atoms with Gasteiger partial charge in [-0.2, -0.15) is 0 Å². The number of benzene rings is 1. The molecule has 0 fully saturated rings. The third kappa shape index (κ3) is 11.3. The Morgan fingerprint density at radius 1 is 0.926 bits per heavy atom. The van der Waals surface area contributed by atoms with Crippen LogP contribution in [0.3, 0.4) is 0 Å². The van der Waals surface area contributed by atoms with Gasteiger partial charge >= 0.3 is 0 Å². The van der Waals surface area contributed by atoms with E-state index in [9.17, 15) is 0 Å². The SMILES string of the molecule is CCCCCCCCNC(C)C(O[Si](C)(C)C)c1ccc(SC(C)C)cc1. The van der Waals surface area contributed by atoms with Gasteiger partial charge in [-0.1, -0.05) is 65.0 Å². The summed E-state index contributed by atoms with van der Waals surface area (Å²) in [5.41, 5.74) is 1.30. The fourth-order valence-corrected chi connectivity index (χ4v) is 5.13. The minimum atomic E-state index is -1.62. The molecule has 156 valence electrons. The van der Waals surface area contributed by atoms with Crippen molar-refractivity contribution >= 4 is 20.1 Å². The molecule has 0 saturated carbocycles. The zero-order valence-electron chi connectivity index (χ0n) is 18.8. The van der Waals surface area contributed by atoms with E-state index in [2.05, 4.69) is 76.9 Å². The molecule has 0 aliphatic rings. The van der Waals surface area contributed by atoms with Crippen LogP contribution in [-0.2, 0) is 4.43 Å². The molecule has 4 heteroatoms. The number of rotatable bonds is 14. The Bertz CT molecular complexity index is 498. The Hall–Kier alpha value is -0.293. The van der Waals surface area contributed by atoms with E-state index in [-0.39, 0.29) is 6.10 Å². The maximum absolute atomic E-state index is 6.59. The topological polar surface area (TPSA) is 21.3 Å². The van der Waals surface area contributed by atoms with E-state index < -0.39 is 8.32 Å². The van der Waals surface area contributed by atoms with Gasteiger partial charge in [0.25, 0.3) is 0 Å². The van der Waals surface area contributed by atoms with Crippen molar-refractivity contribution in [2.45, 2.75) is 108 Å². The number of hydrogen-bond donors (Lipinski definition) is 1. The van der Waals surface area contributed by atoms with Crippen LogP contribution in [0.2, 0.25) is 19.6 Å². The van der Waals surface area contributed by atoms with Gasteiger partial charge in [-0.15, -0.1) is 11.8 Å². The maximum Gasteiger partial charge on any atom is 0.184 e. The van der Waals surface area contributed by atoms with Gasteiger partial charge in [0, 0.05) is 16.2 Å². The molecule has 0 bridgehead atoms. The molecule has 0 aliphatic heterocycles. The Morgan fingerprint density at radius 3 is 2.07 bits per heavy atom. The van der Waals surface area contributed by atoms with Crippen LogP contribution in [0.15, 0.2) is 29.2 Å². The molecule has 2 unspecified atom stereocenters. The van der Waals surface area contributed by atoms with Crippen LogP contribution in [0.5, 0.6) is 0 Å². The van der Waals surface area contributed by atoms with Crippen LogP contribution >= 0.6 is 11.8 Å². The van der Waals surface area contributed by atoms with Gasteiger partial charge in [0.2, 0.25) is 0 Å². The van der Waals surface area contributed by atoms with E-state index in [0.29, 0.717) is 11.3 Å². The average Bonchev–Trinajstić information content (AvgIpc) is 2.58. The summed E-state index contributed by atoms with van der Waals surface area (Å²) >= 11 is 1.92. The quantitative estimate of drug-likeness (QED) is 0.196. The molecule has 0 saturated heterocycles. The fourth-order valence-electron chi connectivity index (χ4n) is 3.19. The minimum Gasteiger partial charge on any atom is -0.409 e. The van der Waals surface area contributed by atoms with E-state index in [1.807, 2.05) is 11.8 Å². The Balaban J connectivity index is 2.62. The highest BCUT2D eigenvalue weighted by molar-refractivity contribution is 7.99. The molecule has 0 heterocycles. The normalized spacial score (nSPS) is 14.5. The second kappa shape index (κ2) is 13.0. The summed E-state index contributed by atoms with van der Waals surface area (Å²) < 4.78 is 6.59. The third-order valence-corrected chi connectivity index (χ3v) is 6.49. The summed E-state index contributed by atoms with van der Waals surface area (Å²) in [7, 11) is -1.62. The van der Waals surface area contributed by atoms with Gasteiger partial charge in [-0.3, -0.25) is 0 Å². The molecule has 1 aromatic carbocycles. The maximum atomic E-state index is 6.59. The fraction of sp³-hybridized carbons (Fsp3) is 0.739. The number of hydrogen-bond acceptors (Lipinski definition) is 3. The molecule has 0 radical (unpaired) electrons. The molecule has 0 amide bonds. The molecule has 0 aromatic heterocycles. The molecule has 1 aromatic rings. The highest BCUT2D eigenvalue weighted by atomic mass is 32.2. The minimum absolute atomic E-state index is 0.134. The first-order chi connectivity index (χ1) is 12.7. The monoisotopic (exact) mass is 409 g/mol. The van der Waals surface area contributed by atoms with Crippen LogP contribution in [0.4, 0.5) is 0 Å². The molecular weight excluding hydrogens is 366 g/mol. The summed E-state index contributed by atoms with van der Waals surface area (Å²) in [6.07, 6.45) is 8.18. The van der Waals surface area contributed by atoms with Gasteiger partial charge in [0.05, 0.1) is 6.10 Å². The van der Waals surface area contributed by atoms with E-state index in [1.165, 1.54) is 49.0 Å². The average molecular weight is 410 g/mol. The van der Waals surface area contributed by atoms with Crippen molar-refractivity contribution in [3.05, 3.63) is 29.8 Å². The lowest BCUT2D eigenvalue weighted by atomic mass is 10.0. The number of thioether (sulfide) groups is 1. The van der Waals surface area contributed by atoms with Gasteiger partial charge in [0.15, 0.2) is 8.32 Å². The third-order valence-electron chi connectivity index (χ3n) is 4.51. The summed E-state index contributed by atoms with van der Waals surface area (Å²) in [6.45, 7) is 17.0. The van der Waals surface area contributed by atoms with E-state index in [1.54, 1.807) is 0 Å². The lowest BCUT2D eigenvalue weighted by molar-refractivity contribution is 0.154. The summed E-state index contributed by atoms with van der Waals surface area (Å²) in [5.74, 6) is 0. The predicted octanol–water partition coefficient (Wildman–Crippen LogP) is 7.42. The second-order valence-electron chi connectivity index (χ2n) is 8.90. The Kier molecular flexibility index (Phi) is 11.9. The lowest BCUT2D eigenvalue weighted by Gasteiger charge is -2.32. The van der Waals surface area contributed by atoms with Gasteiger partial charge in [-0.05, 0) is 57.2 Å². The predicted molar refractivity (Wildman–Crippen MR) is 125 cm³/mol. The first-order valence-corrected chi connectivity index (χ1v) is 15.2. The van der Waals surface area contributed by atoms with E-state index in [0.717, 1.165) is 6.54 Å². The molecule has 1 N–H and O–H groups in total. The first-order valence-electron chi connectivity index (χ1n) is 10.9. The van der Waals surface area contributed by atoms with Crippen molar-refractivity contribution in [2.24, 2.45) is 0 Å². The Labute approximate surface area is 174 Å². The smallest absolute Gasteiger partial charge is 0.184 e. The number of nitrogens with one attached hydrogen (secondary N) is 1. The first kappa shape index (κ1) is 24.7. The largest absolute Gasteiger partial charge is 0.409 e. The molecular formula is C23H43NOSSi. The Morgan fingerprint density at radius 2 is 1.52 bits per heavy atom. The van der Waals surface area contributed by atoms with Crippen molar-refractivity contribution < 1.29 is 4.43 Å². The zero-order chi connectivity index (χ0) is 20.3. The summed E-state index contributed by atoms with van der Waals surface area (Å²) in [5, 5.41) is 4.35. The molecule has 1 rings (SSSR count). The zero-order valence-corrected chi connectivity index (χ0v) is 20.6. The highest BCUT2D eigenvalue weighted by Crippen LogP contribution is 2.29.